The molecule has 1 atom stereocenters. The van der Waals surface area contributed by atoms with Crippen LogP contribution >= 0.6 is 0 Å². The predicted octanol–water partition coefficient (Wildman–Crippen LogP) is 2.65. The lowest BCUT2D eigenvalue weighted by Crippen LogP contribution is -2.08. The highest BCUT2D eigenvalue weighted by molar-refractivity contribution is 5.77. The quantitative estimate of drug-likeness (QED) is 0.515. The summed E-state index contributed by atoms with van der Waals surface area (Å²) in [6.07, 6.45) is -3.46. The number of esters is 1. The number of ether oxygens (including phenoxy) is 1. The zero-order valence-electron chi connectivity index (χ0n) is 7.89. The van der Waals surface area contributed by atoms with Crippen molar-refractivity contribution in [2.24, 2.45) is 11.3 Å². The van der Waals surface area contributed by atoms with Crippen LogP contribution in [0.4, 0.5) is 13.2 Å². The molecule has 2 nitrogen and oxygen atoms in total. The van der Waals surface area contributed by atoms with Gasteiger partial charge in [0.1, 0.15) is 0 Å². The minimum absolute atomic E-state index is 0.0969. The molecule has 0 heterocycles. The van der Waals surface area contributed by atoms with E-state index in [0.29, 0.717) is 12.7 Å². The van der Waals surface area contributed by atoms with Gasteiger partial charge in [0.2, 0.25) is 0 Å². The molecule has 1 unspecified atom stereocenters. The maximum absolute atomic E-state index is 11.6. The summed E-state index contributed by atoms with van der Waals surface area (Å²) in [5.74, 6) is -0.851. The number of carbonyl (C=O) groups excluding carboxylic acids is 1. The summed E-state index contributed by atoms with van der Waals surface area (Å²) in [7, 11) is 0. The minimum atomic E-state index is -4.43. The van der Waals surface area contributed by atoms with Crippen molar-refractivity contribution in [2.45, 2.75) is 26.4 Å². The molecule has 14 heavy (non-hydrogen) atoms. The lowest BCUT2D eigenvalue weighted by Gasteiger charge is -2.01. The molecular formula is C9H11F3O2. The molecule has 1 aliphatic carbocycles. The molecule has 0 radical (unpaired) electrons. The molecule has 0 aromatic heterocycles. The number of hydrogen-bond acceptors (Lipinski definition) is 2. The molecule has 0 N–H and O–H groups in total. The van der Waals surface area contributed by atoms with Crippen molar-refractivity contribution in [3.8, 4) is 0 Å². The normalized spacial score (nSPS) is 25.1. The van der Waals surface area contributed by atoms with Gasteiger partial charge in [-0.15, -0.1) is 0 Å². The van der Waals surface area contributed by atoms with E-state index in [-0.39, 0.29) is 17.4 Å². The first kappa shape index (κ1) is 11.1. The average Bonchev–Trinajstić information content (AvgIpc) is 2.57. The Hall–Kier alpha value is -1.00. The first-order valence-corrected chi connectivity index (χ1v) is 4.17. The SMILES string of the molecule is CC1(C)CC1C(=O)OC=CC(F)(F)F. The summed E-state index contributed by atoms with van der Waals surface area (Å²) < 4.78 is 39.1. The van der Waals surface area contributed by atoms with Crippen LogP contribution < -0.4 is 0 Å². The van der Waals surface area contributed by atoms with E-state index >= 15 is 0 Å². The standard InChI is InChI=1S/C9H11F3O2/c1-8(2)5-6(8)7(13)14-4-3-9(10,11)12/h3-4,6H,5H2,1-2H3. The molecule has 5 heteroatoms. The zero-order valence-corrected chi connectivity index (χ0v) is 7.89. The van der Waals surface area contributed by atoms with E-state index in [1.807, 2.05) is 13.8 Å². The van der Waals surface area contributed by atoms with Gasteiger partial charge in [0.05, 0.1) is 18.3 Å². The second-order valence-electron chi connectivity index (χ2n) is 4.03. The third-order valence-corrected chi connectivity index (χ3v) is 2.24. The van der Waals surface area contributed by atoms with E-state index in [9.17, 15) is 18.0 Å². The Bertz CT molecular complexity index is 266. The summed E-state index contributed by atoms with van der Waals surface area (Å²) in [6.45, 7) is 3.73. The van der Waals surface area contributed by atoms with E-state index in [0.717, 1.165) is 0 Å². The maximum atomic E-state index is 11.6. The van der Waals surface area contributed by atoms with Crippen molar-refractivity contribution in [2.75, 3.05) is 0 Å². The third-order valence-electron chi connectivity index (χ3n) is 2.24. The summed E-state index contributed by atoms with van der Waals surface area (Å²) >= 11 is 0. The van der Waals surface area contributed by atoms with Gasteiger partial charge in [0.15, 0.2) is 0 Å². The lowest BCUT2D eigenvalue weighted by molar-refractivity contribution is -0.140. The second kappa shape index (κ2) is 3.29. The molecule has 0 bridgehead atoms. The number of halogens is 3. The van der Waals surface area contributed by atoms with Crippen molar-refractivity contribution < 1.29 is 22.7 Å². The van der Waals surface area contributed by atoms with Gasteiger partial charge in [-0.2, -0.15) is 13.2 Å². The van der Waals surface area contributed by atoms with Gasteiger partial charge in [-0.1, -0.05) is 13.8 Å². The maximum Gasteiger partial charge on any atom is 0.412 e. The molecule has 1 aliphatic rings. The van der Waals surface area contributed by atoms with Gasteiger partial charge in [0, 0.05) is 0 Å². The number of hydrogen-bond donors (Lipinski definition) is 0. The number of allylic oxidation sites excluding steroid dienone is 1. The summed E-state index contributed by atoms with van der Waals surface area (Å²) in [5, 5.41) is 0. The Morgan fingerprint density at radius 1 is 1.50 bits per heavy atom. The first-order chi connectivity index (χ1) is 6.22. The van der Waals surface area contributed by atoms with Crippen LogP contribution in [-0.4, -0.2) is 12.1 Å². The third kappa shape index (κ3) is 3.05. The Labute approximate surface area is 79.7 Å². The molecule has 0 aliphatic heterocycles. The van der Waals surface area contributed by atoms with E-state index < -0.39 is 12.1 Å². The average molecular weight is 208 g/mol. The van der Waals surface area contributed by atoms with Gasteiger partial charge >= 0.3 is 12.1 Å². The summed E-state index contributed by atoms with van der Waals surface area (Å²) in [4.78, 5) is 11.1. The molecule has 0 spiro atoms. The number of rotatable bonds is 2. The molecule has 0 saturated heterocycles. The van der Waals surface area contributed by atoms with Crippen LogP contribution in [0.25, 0.3) is 0 Å². The highest BCUT2D eigenvalue weighted by Crippen LogP contribution is 2.52. The monoisotopic (exact) mass is 208 g/mol. The largest absolute Gasteiger partial charge is 0.434 e. The Morgan fingerprint density at radius 3 is 2.36 bits per heavy atom. The molecule has 1 fully saturated rings. The van der Waals surface area contributed by atoms with Crippen LogP contribution in [0.3, 0.4) is 0 Å². The molecule has 80 valence electrons. The second-order valence-corrected chi connectivity index (χ2v) is 4.03. The van der Waals surface area contributed by atoms with Gasteiger partial charge in [-0.05, 0) is 11.8 Å². The van der Waals surface area contributed by atoms with Gasteiger partial charge in [0.25, 0.3) is 0 Å². The predicted molar refractivity (Wildman–Crippen MR) is 43.2 cm³/mol. The van der Waals surface area contributed by atoms with E-state index in [1.54, 1.807) is 0 Å². The number of alkyl halides is 3. The van der Waals surface area contributed by atoms with Crippen LogP contribution in [-0.2, 0) is 9.53 Å². The van der Waals surface area contributed by atoms with Gasteiger partial charge in [-0.3, -0.25) is 4.79 Å². The fourth-order valence-corrected chi connectivity index (χ4v) is 1.13. The summed E-state index contributed by atoms with van der Waals surface area (Å²) in [6, 6.07) is 0. The highest BCUT2D eigenvalue weighted by atomic mass is 19.4. The van der Waals surface area contributed by atoms with Crippen LogP contribution in [0, 0.1) is 11.3 Å². The van der Waals surface area contributed by atoms with Crippen LogP contribution in [0.2, 0.25) is 0 Å². The molecule has 1 rings (SSSR count). The van der Waals surface area contributed by atoms with E-state index in [1.165, 1.54) is 0 Å². The van der Waals surface area contributed by atoms with Crippen molar-refractivity contribution in [3.05, 3.63) is 12.3 Å². The fourth-order valence-electron chi connectivity index (χ4n) is 1.13. The minimum Gasteiger partial charge on any atom is -0.434 e. The molecule has 0 aromatic carbocycles. The van der Waals surface area contributed by atoms with Crippen molar-refractivity contribution in [3.63, 3.8) is 0 Å². The molecule has 1 saturated carbocycles. The Kier molecular flexibility index (Phi) is 2.61. The van der Waals surface area contributed by atoms with Crippen molar-refractivity contribution in [1.82, 2.24) is 0 Å². The van der Waals surface area contributed by atoms with Crippen LogP contribution in [0.1, 0.15) is 20.3 Å². The van der Waals surface area contributed by atoms with Crippen molar-refractivity contribution in [1.29, 1.82) is 0 Å². The molecule has 0 amide bonds. The zero-order chi connectivity index (χ0) is 11.0. The van der Waals surface area contributed by atoms with Crippen LogP contribution in [0.15, 0.2) is 12.3 Å². The van der Waals surface area contributed by atoms with E-state index in [4.69, 9.17) is 0 Å². The lowest BCUT2D eigenvalue weighted by atomic mass is 10.1. The topological polar surface area (TPSA) is 26.3 Å². The van der Waals surface area contributed by atoms with E-state index in [2.05, 4.69) is 4.74 Å². The highest BCUT2D eigenvalue weighted by Gasteiger charge is 2.51. The molecular weight excluding hydrogens is 197 g/mol. The Balaban J connectivity index is 2.34. The molecule has 0 aromatic rings. The smallest absolute Gasteiger partial charge is 0.412 e. The fraction of sp³-hybridized carbons (Fsp3) is 0.667. The number of carbonyl (C=O) groups is 1. The Morgan fingerprint density at radius 2 is 2.00 bits per heavy atom. The first-order valence-electron chi connectivity index (χ1n) is 4.17. The van der Waals surface area contributed by atoms with Gasteiger partial charge < -0.3 is 4.74 Å². The summed E-state index contributed by atoms with van der Waals surface area (Å²) in [5.41, 5.74) is -0.122. The van der Waals surface area contributed by atoms with Crippen LogP contribution in [0.5, 0.6) is 0 Å². The van der Waals surface area contributed by atoms with Gasteiger partial charge in [-0.25, -0.2) is 0 Å². The van der Waals surface area contributed by atoms with Crippen molar-refractivity contribution >= 4 is 5.97 Å².